The third-order valence-electron chi connectivity index (χ3n) is 4.58. The Hall–Kier alpha value is -1.65. The van der Waals surface area contributed by atoms with Gasteiger partial charge in [-0.3, -0.25) is 9.62 Å². The molecule has 0 radical (unpaired) electrons. The van der Waals surface area contributed by atoms with Gasteiger partial charge in [-0.15, -0.1) is 0 Å². The lowest BCUT2D eigenvalue weighted by Crippen LogP contribution is -2.37. The van der Waals surface area contributed by atoms with Crippen LogP contribution in [0, 0.1) is 17.0 Å². The van der Waals surface area contributed by atoms with E-state index in [1.54, 1.807) is 0 Å². The zero-order chi connectivity index (χ0) is 18.9. The molecule has 26 heavy (non-hydrogen) atoms. The van der Waals surface area contributed by atoms with Crippen LogP contribution in [-0.4, -0.2) is 35.8 Å². The van der Waals surface area contributed by atoms with E-state index < -0.39 is 26.6 Å². The molecule has 1 aromatic heterocycles. The first-order valence-corrected chi connectivity index (χ1v) is 10.4. The highest BCUT2D eigenvalue weighted by atomic mass is 32.2. The van der Waals surface area contributed by atoms with Gasteiger partial charge in [0.25, 0.3) is 10.0 Å². The summed E-state index contributed by atoms with van der Waals surface area (Å²) in [6.07, 6.45) is 3.13. The lowest BCUT2D eigenvalue weighted by Gasteiger charge is -2.37. The summed E-state index contributed by atoms with van der Waals surface area (Å²) in [5.41, 5.74) is 0.409. The molecule has 0 unspecified atom stereocenters. The molecular formula is C16H20F2N4O2S2. The summed E-state index contributed by atoms with van der Waals surface area (Å²) < 4.78 is 59.1. The summed E-state index contributed by atoms with van der Waals surface area (Å²) in [5, 5.41) is -0.00943. The van der Waals surface area contributed by atoms with Gasteiger partial charge in [-0.25, -0.2) is 22.2 Å². The number of sulfonamides is 1. The minimum Gasteiger partial charge on any atom is -0.299 e. The third-order valence-corrected chi connectivity index (χ3v) is 6.64. The molecule has 0 spiro atoms. The number of anilines is 1. The summed E-state index contributed by atoms with van der Waals surface area (Å²) in [6.45, 7) is 6.23. The Morgan fingerprint density at radius 1 is 1.23 bits per heavy atom. The van der Waals surface area contributed by atoms with Gasteiger partial charge in [0.15, 0.2) is 0 Å². The van der Waals surface area contributed by atoms with E-state index in [-0.39, 0.29) is 22.7 Å². The van der Waals surface area contributed by atoms with Crippen molar-refractivity contribution in [3.05, 3.63) is 35.7 Å². The molecular weight excluding hydrogens is 382 g/mol. The molecule has 0 amide bonds. The van der Waals surface area contributed by atoms with Gasteiger partial charge in [0.05, 0.1) is 0 Å². The van der Waals surface area contributed by atoms with Gasteiger partial charge in [0, 0.05) is 23.6 Å². The van der Waals surface area contributed by atoms with Gasteiger partial charge < -0.3 is 0 Å². The third kappa shape index (κ3) is 4.36. The number of nitrogens with one attached hydrogen (secondary N) is 1. The first-order valence-electron chi connectivity index (χ1n) is 8.16. The van der Waals surface area contributed by atoms with Crippen molar-refractivity contribution in [3.8, 4) is 0 Å². The highest BCUT2D eigenvalue weighted by Crippen LogP contribution is 2.31. The van der Waals surface area contributed by atoms with Crippen molar-refractivity contribution in [3.63, 3.8) is 0 Å². The highest BCUT2D eigenvalue weighted by Gasteiger charge is 2.27. The number of aromatic nitrogens is 2. The van der Waals surface area contributed by atoms with E-state index in [1.807, 2.05) is 0 Å². The molecule has 6 nitrogen and oxygen atoms in total. The molecule has 10 heteroatoms. The van der Waals surface area contributed by atoms with Crippen LogP contribution in [0.3, 0.4) is 0 Å². The van der Waals surface area contributed by atoms with Crippen LogP contribution >= 0.6 is 11.5 Å². The van der Waals surface area contributed by atoms with Gasteiger partial charge in [-0.1, -0.05) is 13.8 Å². The number of nitrogens with zero attached hydrogens (tertiary/aromatic N) is 3. The van der Waals surface area contributed by atoms with Crippen molar-refractivity contribution in [2.75, 3.05) is 17.8 Å². The molecule has 2 heterocycles. The zero-order valence-electron chi connectivity index (χ0n) is 14.5. The first kappa shape index (κ1) is 19.1. The molecule has 0 atom stereocenters. The van der Waals surface area contributed by atoms with E-state index >= 15 is 0 Å². The maximum absolute atomic E-state index is 14.4. The molecule has 3 rings (SSSR count). The minimum absolute atomic E-state index is 0.00943. The highest BCUT2D eigenvalue weighted by molar-refractivity contribution is 7.93. The molecule has 0 saturated carbocycles. The molecule has 0 aliphatic carbocycles. The van der Waals surface area contributed by atoms with Crippen molar-refractivity contribution < 1.29 is 17.2 Å². The average molecular weight is 402 g/mol. The topological polar surface area (TPSA) is 75.2 Å². The summed E-state index contributed by atoms with van der Waals surface area (Å²) in [7, 11) is -4.27. The van der Waals surface area contributed by atoms with Crippen LogP contribution in [-0.2, 0) is 16.6 Å². The van der Waals surface area contributed by atoms with E-state index in [1.165, 1.54) is 6.33 Å². The van der Waals surface area contributed by atoms with E-state index in [2.05, 4.69) is 32.8 Å². The van der Waals surface area contributed by atoms with Crippen LogP contribution in [0.15, 0.2) is 23.4 Å². The van der Waals surface area contributed by atoms with E-state index in [9.17, 15) is 17.2 Å². The summed E-state index contributed by atoms with van der Waals surface area (Å²) >= 11 is 0.806. The van der Waals surface area contributed by atoms with Crippen LogP contribution in [0.4, 0.5) is 13.9 Å². The molecule has 1 N–H and O–H groups in total. The van der Waals surface area contributed by atoms with Crippen molar-refractivity contribution in [2.24, 2.45) is 5.41 Å². The molecule has 1 aliphatic heterocycles. The fourth-order valence-corrected chi connectivity index (χ4v) is 4.58. The van der Waals surface area contributed by atoms with Crippen molar-refractivity contribution in [2.45, 2.75) is 38.1 Å². The molecule has 0 bridgehead atoms. The second kappa shape index (κ2) is 7.16. The summed E-state index contributed by atoms with van der Waals surface area (Å²) in [4.78, 5) is 4.99. The number of hydrogen-bond acceptors (Lipinski definition) is 6. The Balaban J connectivity index is 1.78. The van der Waals surface area contributed by atoms with E-state index in [4.69, 9.17) is 0 Å². The van der Waals surface area contributed by atoms with Gasteiger partial charge in [-0.2, -0.15) is 4.37 Å². The van der Waals surface area contributed by atoms with Gasteiger partial charge in [0.1, 0.15) is 22.9 Å². The predicted octanol–water partition coefficient (Wildman–Crippen LogP) is 3.24. The smallest absolute Gasteiger partial charge is 0.266 e. The standard InChI is InChI=1S/C16H20F2N4O2S2/c1-16(2)3-5-22(6-4-16)9-11-7-13(18)14(8-12(11)17)26(23,24)21-15-19-10-20-25-15/h7-8,10H,3-6,9H2,1-2H3,(H,19,20,21). The molecule has 142 valence electrons. The molecule has 1 aromatic carbocycles. The molecule has 1 fully saturated rings. The van der Waals surface area contributed by atoms with Crippen LogP contribution in [0.2, 0.25) is 0 Å². The normalized spacial score (nSPS) is 18.0. The lowest BCUT2D eigenvalue weighted by atomic mass is 9.82. The Bertz CT molecular complexity index is 876. The number of likely N-dealkylation sites (tertiary alicyclic amines) is 1. The maximum Gasteiger partial charge on any atom is 0.266 e. The quantitative estimate of drug-likeness (QED) is 0.831. The second-order valence-corrected chi connectivity index (χ2v) is 9.60. The number of rotatable bonds is 5. The number of hydrogen-bond donors (Lipinski definition) is 1. The molecule has 1 saturated heterocycles. The fourth-order valence-electron chi connectivity index (χ4n) is 2.84. The monoisotopic (exact) mass is 402 g/mol. The van der Waals surface area contributed by atoms with Gasteiger partial charge in [-0.05, 0) is 43.5 Å². The van der Waals surface area contributed by atoms with Gasteiger partial charge in [0.2, 0.25) is 5.13 Å². The van der Waals surface area contributed by atoms with E-state index in [0.29, 0.717) is 0 Å². The van der Waals surface area contributed by atoms with Crippen LogP contribution < -0.4 is 4.72 Å². The zero-order valence-corrected chi connectivity index (χ0v) is 16.1. The van der Waals surface area contributed by atoms with Crippen molar-refractivity contribution in [1.82, 2.24) is 14.3 Å². The Kier molecular flexibility index (Phi) is 5.27. The number of halogens is 2. The van der Waals surface area contributed by atoms with Crippen LogP contribution in [0.1, 0.15) is 32.3 Å². The second-order valence-electron chi connectivity index (χ2n) is 7.17. The number of piperidine rings is 1. The lowest BCUT2D eigenvalue weighted by molar-refractivity contribution is 0.126. The van der Waals surface area contributed by atoms with Crippen molar-refractivity contribution >= 4 is 26.7 Å². The minimum atomic E-state index is -4.27. The van der Waals surface area contributed by atoms with Gasteiger partial charge >= 0.3 is 0 Å². The SMILES string of the molecule is CC1(C)CCN(Cc2cc(F)c(S(=O)(=O)Nc3ncns3)cc2F)CC1. The van der Waals surface area contributed by atoms with E-state index in [0.717, 1.165) is 49.6 Å². The summed E-state index contributed by atoms with van der Waals surface area (Å²) in [5.74, 6) is -1.73. The first-order chi connectivity index (χ1) is 12.2. The van der Waals surface area contributed by atoms with Crippen LogP contribution in [0.25, 0.3) is 0 Å². The Labute approximate surface area is 155 Å². The Morgan fingerprint density at radius 3 is 2.54 bits per heavy atom. The Morgan fingerprint density at radius 2 is 1.92 bits per heavy atom. The summed E-state index contributed by atoms with van der Waals surface area (Å²) in [6, 6.07) is 1.69. The number of benzene rings is 1. The van der Waals surface area contributed by atoms with Crippen LogP contribution in [0.5, 0.6) is 0 Å². The fraction of sp³-hybridized carbons (Fsp3) is 0.500. The van der Waals surface area contributed by atoms with Crippen molar-refractivity contribution in [1.29, 1.82) is 0 Å². The molecule has 2 aromatic rings. The average Bonchev–Trinajstić information content (AvgIpc) is 3.04. The largest absolute Gasteiger partial charge is 0.299 e. The molecule has 1 aliphatic rings. The maximum atomic E-state index is 14.4. The predicted molar refractivity (Wildman–Crippen MR) is 95.4 cm³/mol.